The maximum Gasteiger partial charge on any atom is 0.329 e. The zero-order valence-electron chi connectivity index (χ0n) is 10.2. The van der Waals surface area contributed by atoms with Crippen LogP contribution in [0.25, 0.3) is 0 Å². The number of hydrogen-bond acceptors (Lipinski definition) is 5. The van der Waals surface area contributed by atoms with Gasteiger partial charge in [-0.15, -0.1) is 0 Å². The van der Waals surface area contributed by atoms with E-state index >= 15 is 0 Å². The Morgan fingerprint density at radius 1 is 1.42 bits per heavy atom. The number of hydrogen-bond donors (Lipinski definition) is 2. The summed E-state index contributed by atoms with van der Waals surface area (Å²) in [4.78, 5) is 21.1. The molecule has 0 radical (unpaired) electrons. The molecule has 1 fully saturated rings. The van der Waals surface area contributed by atoms with E-state index in [2.05, 4.69) is 9.97 Å². The maximum atomic E-state index is 11.4. The summed E-state index contributed by atoms with van der Waals surface area (Å²) < 4.78 is 0. The highest BCUT2D eigenvalue weighted by Gasteiger charge is 2.47. The predicted molar refractivity (Wildman–Crippen MR) is 68.2 cm³/mol. The number of aliphatic carboxylic acids is 1. The number of aromatic nitrogens is 2. The molecule has 102 valence electrons. The van der Waals surface area contributed by atoms with E-state index in [9.17, 15) is 15.0 Å². The smallest absolute Gasteiger partial charge is 0.329 e. The van der Waals surface area contributed by atoms with Crippen LogP contribution in [0.3, 0.4) is 0 Å². The normalized spacial score (nSPS) is 26.7. The molecule has 2 aliphatic rings. The van der Waals surface area contributed by atoms with Crippen LogP contribution in [0.4, 0.5) is 5.82 Å². The maximum absolute atomic E-state index is 11.4. The third-order valence-electron chi connectivity index (χ3n) is 3.90. The Bertz CT molecular complexity index is 519. The standard InChI is InChI=1S/C12H14ClN3O3/c13-12-14-5-7-9(17)8(11(18)19)16(10(7)15-12)6-3-1-2-4-6/h5-6,8-9,17H,1-4H2,(H,18,19). The molecule has 7 heteroatoms. The first-order valence-corrected chi connectivity index (χ1v) is 6.69. The second-order valence-electron chi connectivity index (χ2n) is 4.99. The van der Waals surface area contributed by atoms with Crippen LogP contribution >= 0.6 is 11.6 Å². The molecule has 1 saturated carbocycles. The van der Waals surface area contributed by atoms with Gasteiger partial charge in [0.05, 0.1) is 0 Å². The van der Waals surface area contributed by atoms with Crippen molar-refractivity contribution in [3.8, 4) is 0 Å². The van der Waals surface area contributed by atoms with Gasteiger partial charge in [0.2, 0.25) is 5.28 Å². The number of rotatable bonds is 2. The van der Waals surface area contributed by atoms with Crippen molar-refractivity contribution in [2.24, 2.45) is 0 Å². The van der Waals surface area contributed by atoms with E-state index in [1.165, 1.54) is 6.20 Å². The molecule has 2 heterocycles. The molecular weight excluding hydrogens is 270 g/mol. The van der Waals surface area contributed by atoms with Crippen molar-refractivity contribution in [3.05, 3.63) is 17.0 Å². The molecule has 1 aromatic rings. The van der Waals surface area contributed by atoms with Crippen molar-refractivity contribution >= 4 is 23.4 Å². The number of carboxylic acids is 1. The highest BCUT2D eigenvalue weighted by atomic mass is 35.5. The Kier molecular flexibility index (Phi) is 3.06. The summed E-state index contributed by atoms with van der Waals surface area (Å²) in [7, 11) is 0. The van der Waals surface area contributed by atoms with E-state index in [4.69, 9.17) is 11.6 Å². The fourth-order valence-corrected chi connectivity index (χ4v) is 3.20. The van der Waals surface area contributed by atoms with E-state index < -0.39 is 18.1 Å². The summed E-state index contributed by atoms with van der Waals surface area (Å²) in [5.74, 6) is -0.583. The van der Waals surface area contributed by atoms with Crippen molar-refractivity contribution in [1.29, 1.82) is 0 Å². The first kappa shape index (κ1) is 12.6. The first-order chi connectivity index (χ1) is 9.09. The lowest BCUT2D eigenvalue weighted by Crippen LogP contribution is -2.46. The van der Waals surface area contributed by atoms with Gasteiger partial charge in [0, 0.05) is 17.8 Å². The van der Waals surface area contributed by atoms with Crippen molar-refractivity contribution in [3.63, 3.8) is 0 Å². The van der Waals surface area contributed by atoms with Crippen LogP contribution in [0.2, 0.25) is 5.28 Å². The van der Waals surface area contributed by atoms with Gasteiger partial charge in [-0.05, 0) is 24.4 Å². The minimum atomic E-state index is -1.11. The highest BCUT2D eigenvalue weighted by molar-refractivity contribution is 6.28. The molecule has 19 heavy (non-hydrogen) atoms. The highest BCUT2D eigenvalue weighted by Crippen LogP contribution is 2.42. The van der Waals surface area contributed by atoms with Crippen LogP contribution in [-0.4, -0.2) is 38.2 Å². The van der Waals surface area contributed by atoms with Gasteiger partial charge in [0.15, 0.2) is 6.04 Å². The average Bonchev–Trinajstić information content (AvgIpc) is 2.95. The minimum Gasteiger partial charge on any atom is -0.480 e. The summed E-state index contributed by atoms with van der Waals surface area (Å²) in [6, 6.07) is -0.895. The molecule has 0 spiro atoms. The summed E-state index contributed by atoms with van der Waals surface area (Å²) in [6.07, 6.45) is 4.27. The number of fused-ring (bicyclic) bond motifs is 1. The van der Waals surface area contributed by atoms with Crippen molar-refractivity contribution in [2.45, 2.75) is 43.9 Å². The average molecular weight is 284 g/mol. The molecule has 0 saturated heterocycles. The number of aliphatic hydroxyl groups excluding tert-OH is 1. The third kappa shape index (κ3) is 1.95. The number of halogens is 1. The second kappa shape index (κ2) is 4.61. The van der Waals surface area contributed by atoms with Gasteiger partial charge >= 0.3 is 5.97 Å². The van der Waals surface area contributed by atoms with Gasteiger partial charge in [-0.1, -0.05) is 12.8 Å². The lowest BCUT2D eigenvalue weighted by molar-refractivity contribution is -0.141. The molecular formula is C12H14ClN3O3. The van der Waals surface area contributed by atoms with Crippen LogP contribution in [-0.2, 0) is 4.79 Å². The van der Waals surface area contributed by atoms with E-state index in [0.717, 1.165) is 25.7 Å². The molecule has 1 aliphatic carbocycles. The minimum absolute atomic E-state index is 0.0694. The molecule has 2 atom stereocenters. The summed E-state index contributed by atoms with van der Waals surface area (Å²) in [6.45, 7) is 0. The lowest BCUT2D eigenvalue weighted by atomic mass is 10.1. The van der Waals surface area contributed by atoms with Crippen molar-refractivity contribution < 1.29 is 15.0 Å². The van der Waals surface area contributed by atoms with Gasteiger partial charge in [0.1, 0.15) is 11.9 Å². The zero-order valence-corrected chi connectivity index (χ0v) is 10.9. The van der Waals surface area contributed by atoms with Crippen molar-refractivity contribution in [1.82, 2.24) is 9.97 Å². The van der Waals surface area contributed by atoms with E-state index in [1.807, 2.05) is 0 Å². The first-order valence-electron chi connectivity index (χ1n) is 6.31. The van der Waals surface area contributed by atoms with Crippen LogP contribution in [0.1, 0.15) is 37.4 Å². The number of anilines is 1. The Hall–Kier alpha value is -1.40. The molecule has 2 N–H and O–H groups in total. The van der Waals surface area contributed by atoms with E-state index in [0.29, 0.717) is 11.4 Å². The summed E-state index contributed by atoms with van der Waals surface area (Å²) in [5, 5.41) is 19.6. The van der Waals surface area contributed by atoms with Gasteiger partial charge < -0.3 is 15.1 Å². The van der Waals surface area contributed by atoms with Gasteiger partial charge in [0.25, 0.3) is 0 Å². The predicted octanol–water partition coefficient (Wildman–Crippen LogP) is 1.38. The largest absolute Gasteiger partial charge is 0.480 e. The van der Waals surface area contributed by atoms with Gasteiger partial charge in [-0.25, -0.2) is 14.8 Å². The van der Waals surface area contributed by atoms with Gasteiger partial charge in [-0.3, -0.25) is 0 Å². The van der Waals surface area contributed by atoms with Crippen LogP contribution < -0.4 is 4.90 Å². The molecule has 2 unspecified atom stereocenters. The van der Waals surface area contributed by atoms with Crippen LogP contribution in [0, 0.1) is 0 Å². The molecule has 0 bridgehead atoms. The summed E-state index contributed by atoms with van der Waals surface area (Å²) in [5.41, 5.74) is 0.448. The zero-order chi connectivity index (χ0) is 13.6. The SMILES string of the molecule is O=C(O)C1C(O)c2cnc(Cl)nc2N1C1CCCC1. The summed E-state index contributed by atoms with van der Waals surface area (Å²) >= 11 is 5.79. The molecule has 0 aromatic carbocycles. The Morgan fingerprint density at radius 3 is 2.74 bits per heavy atom. The third-order valence-corrected chi connectivity index (χ3v) is 4.08. The monoisotopic (exact) mass is 283 g/mol. The lowest BCUT2D eigenvalue weighted by Gasteiger charge is -2.30. The van der Waals surface area contributed by atoms with Gasteiger partial charge in [-0.2, -0.15) is 0 Å². The van der Waals surface area contributed by atoms with Crippen LogP contribution in [0.5, 0.6) is 0 Å². The molecule has 3 rings (SSSR count). The molecule has 1 aliphatic heterocycles. The Balaban J connectivity index is 2.07. The molecule has 6 nitrogen and oxygen atoms in total. The fraction of sp³-hybridized carbons (Fsp3) is 0.583. The molecule has 0 amide bonds. The molecule has 1 aromatic heterocycles. The van der Waals surface area contributed by atoms with Crippen LogP contribution in [0.15, 0.2) is 6.20 Å². The van der Waals surface area contributed by atoms with E-state index in [-0.39, 0.29) is 11.3 Å². The number of carboxylic acid groups (broad SMARTS) is 1. The quantitative estimate of drug-likeness (QED) is 0.798. The Morgan fingerprint density at radius 2 is 2.11 bits per heavy atom. The van der Waals surface area contributed by atoms with E-state index in [1.54, 1.807) is 4.90 Å². The number of carbonyl (C=O) groups is 1. The number of nitrogens with zero attached hydrogens (tertiary/aromatic N) is 3. The Labute approximate surface area is 115 Å². The number of aliphatic hydroxyl groups is 1. The van der Waals surface area contributed by atoms with Crippen molar-refractivity contribution in [2.75, 3.05) is 4.90 Å². The fourth-order valence-electron chi connectivity index (χ4n) is 3.07. The topological polar surface area (TPSA) is 86.5 Å². The second-order valence-corrected chi connectivity index (χ2v) is 5.33.